The summed E-state index contributed by atoms with van der Waals surface area (Å²) in [6.45, 7) is 0.453. The summed E-state index contributed by atoms with van der Waals surface area (Å²) in [5.41, 5.74) is 0.0924. The van der Waals surface area contributed by atoms with Crippen LogP contribution in [-0.4, -0.2) is 58.8 Å². The number of amides is 1. The smallest absolute Gasteiger partial charge is 0.494 e. The van der Waals surface area contributed by atoms with Crippen LogP contribution >= 0.6 is 0 Å². The van der Waals surface area contributed by atoms with Gasteiger partial charge in [0.05, 0.1) is 25.4 Å². The predicted molar refractivity (Wildman–Crippen MR) is 156 cm³/mol. The molecule has 3 heterocycles. The molecule has 1 aliphatic heterocycles. The minimum absolute atomic E-state index is 0.0102. The van der Waals surface area contributed by atoms with Gasteiger partial charge in [0.2, 0.25) is 0 Å². The second kappa shape index (κ2) is 11.0. The maximum absolute atomic E-state index is 13.7. The van der Waals surface area contributed by atoms with Crippen molar-refractivity contribution >= 4 is 16.8 Å². The third-order valence-electron chi connectivity index (χ3n) is 8.40. The van der Waals surface area contributed by atoms with E-state index in [0.717, 1.165) is 18.2 Å². The molecular weight excluding hydrogens is 612 g/mol. The molecule has 3 aliphatic rings. The van der Waals surface area contributed by atoms with E-state index in [1.54, 1.807) is 19.1 Å². The van der Waals surface area contributed by atoms with Crippen LogP contribution in [-0.2, 0) is 5.60 Å². The summed E-state index contributed by atoms with van der Waals surface area (Å²) in [4.78, 5) is 18.1. The number of nitrogens with one attached hydrogen (secondary N) is 1. The molecule has 46 heavy (non-hydrogen) atoms. The van der Waals surface area contributed by atoms with Gasteiger partial charge in [0, 0.05) is 22.7 Å². The van der Waals surface area contributed by atoms with Crippen molar-refractivity contribution in [2.24, 2.45) is 5.92 Å². The molecule has 2 N–H and O–H groups in total. The van der Waals surface area contributed by atoms with E-state index in [1.807, 2.05) is 10.9 Å². The Kier molecular flexibility index (Phi) is 7.22. The van der Waals surface area contributed by atoms with Gasteiger partial charge in [-0.3, -0.25) is 9.48 Å². The van der Waals surface area contributed by atoms with Crippen LogP contribution in [0.25, 0.3) is 22.2 Å². The molecule has 2 aromatic carbocycles. The molecule has 4 aromatic rings. The van der Waals surface area contributed by atoms with Crippen LogP contribution < -0.4 is 24.3 Å². The zero-order chi connectivity index (χ0) is 32.4. The van der Waals surface area contributed by atoms with Crippen molar-refractivity contribution in [3.05, 3.63) is 59.4 Å². The molecule has 0 spiro atoms. The van der Waals surface area contributed by atoms with Crippen LogP contribution in [0.5, 0.6) is 23.0 Å². The number of halogens is 4. The van der Waals surface area contributed by atoms with Crippen LogP contribution in [0.15, 0.2) is 42.6 Å². The van der Waals surface area contributed by atoms with Gasteiger partial charge in [-0.25, -0.2) is 13.8 Å². The van der Waals surface area contributed by atoms with E-state index in [1.165, 1.54) is 31.4 Å². The molecule has 242 valence electrons. The van der Waals surface area contributed by atoms with Crippen molar-refractivity contribution in [2.45, 2.75) is 57.0 Å². The summed E-state index contributed by atoms with van der Waals surface area (Å²) in [6.07, 6.45) is -1.36. The van der Waals surface area contributed by atoms with Gasteiger partial charge in [0.15, 0.2) is 11.5 Å². The topological polar surface area (TPSA) is 117 Å². The number of hydrogen-bond donors (Lipinski definition) is 2. The summed E-state index contributed by atoms with van der Waals surface area (Å²) >= 11 is 0. The van der Waals surface area contributed by atoms with Crippen LogP contribution in [0.4, 0.5) is 17.6 Å². The number of pyridine rings is 1. The van der Waals surface area contributed by atoms with Crippen LogP contribution in [0.2, 0.25) is 0 Å². The summed E-state index contributed by atoms with van der Waals surface area (Å²) < 4.78 is 75.6. The van der Waals surface area contributed by atoms with Crippen molar-refractivity contribution in [3.63, 3.8) is 0 Å². The highest BCUT2D eigenvalue weighted by molar-refractivity contribution is 6.00. The van der Waals surface area contributed by atoms with Crippen molar-refractivity contribution < 1.29 is 46.4 Å². The molecule has 14 heteroatoms. The molecule has 2 aliphatic carbocycles. The molecule has 2 fully saturated rings. The standard InChI is InChI=1S/C32H30F4N4O6/c1-16-9-25(38-28(29(16)44-14-26(33)34)17-3-8-22-23(11-17)46-32(35,36)45-22)31(42,20-4-5-20)15-37-30(41)18-10-19-13-40(21-6-7-21)39-27(19)24(12-18)43-2/h3,8-13,20-21,26,42H,4-7,14-15H2,1-2H3,(H,37,41)/t31-/m1/s1. The van der Waals surface area contributed by atoms with Crippen molar-refractivity contribution in [1.29, 1.82) is 0 Å². The minimum Gasteiger partial charge on any atom is -0.494 e. The van der Waals surface area contributed by atoms with E-state index in [9.17, 15) is 27.5 Å². The van der Waals surface area contributed by atoms with Gasteiger partial charge >= 0.3 is 6.29 Å². The number of fused-ring (bicyclic) bond motifs is 2. The maximum atomic E-state index is 13.7. The van der Waals surface area contributed by atoms with Gasteiger partial charge in [-0.2, -0.15) is 5.10 Å². The summed E-state index contributed by atoms with van der Waals surface area (Å²) in [5, 5.41) is 20.3. The zero-order valence-electron chi connectivity index (χ0n) is 24.9. The second-order valence-corrected chi connectivity index (χ2v) is 11.9. The Morgan fingerprint density at radius 3 is 2.61 bits per heavy atom. The number of methoxy groups -OCH3 is 1. The molecule has 0 saturated heterocycles. The second-order valence-electron chi connectivity index (χ2n) is 11.9. The molecule has 1 atom stereocenters. The summed E-state index contributed by atoms with van der Waals surface area (Å²) in [6, 6.07) is 9.08. The fraction of sp³-hybridized carbons (Fsp3) is 0.406. The number of aryl methyl sites for hydroxylation is 1. The lowest BCUT2D eigenvalue weighted by Gasteiger charge is -2.29. The van der Waals surface area contributed by atoms with Crippen molar-refractivity contribution in [1.82, 2.24) is 20.1 Å². The molecule has 10 nitrogen and oxygen atoms in total. The van der Waals surface area contributed by atoms with Crippen molar-refractivity contribution in [2.75, 3.05) is 20.3 Å². The van der Waals surface area contributed by atoms with Crippen LogP contribution in [0.1, 0.15) is 53.3 Å². The summed E-state index contributed by atoms with van der Waals surface area (Å²) in [7, 11) is 1.50. The number of carbonyl (C=O) groups is 1. The van der Waals surface area contributed by atoms with Gasteiger partial charge in [0.25, 0.3) is 12.3 Å². The molecule has 0 unspecified atom stereocenters. The zero-order valence-corrected chi connectivity index (χ0v) is 24.9. The Balaban J connectivity index is 1.21. The lowest BCUT2D eigenvalue weighted by molar-refractivity contribution is -0.286. The molecular formula is C32H30F4N4O6. The number of rotatable bonds is 11. The van der Waals surface area contributed by atoms with E-state index in [-0.39, 0.29) is 46.7 Å². The van der Waals surface area contributed by atoms with Gasteiger partial charge in [-0.05, 0) is 80.5 Å². The molecule has 0 radical (unpaired) electrons. The minimum atomic E-state index is -3.86. The predicted octanol–water partition coefficient (Wildman–Crippen LogP) is 5.74. The number of aromatic nitrogens is 3. The molecule has 0 bridgehead atoms. The number of alkyl halides is 4. The average Bonchev–Trinajstić information content (AvgIpc) is 3.95. The number of benzene rings is 2. The van der Waals surface area contributed by atoms with Gasteiger partial charge in [-0.1, -0.05) is 0 Å². The third kappa shape index (κ3) is 5.65. The fourth-order valence-corrected chi connectivity index (χ4v) is 5.76. The lowest BCUT2D eigenvalue weighted by atomic mass is 9.90. The molecule has 7 rings (SSSR count). The van der Waals surface area contributed by atoms with E-state index >= 15 is 0 Å². The van der Waals surface area contributed by atoms with Crippen LogP contribution in [0.3, 0.4) is 0 Å². The normalized spacial score (nSPS) is 18.1. The Morgan fingerprint density at radius 1 is 1.15 bits per heavy atom. The number of nitrogens with zero attached hydrogens (tertiary/aromatic N) is 3. The highest BCUT2D eigenvalue weighted by atomic mass is 19.3. The number of carbonyl (C=O) groups excluding carboxylic acids is 1. The maximum Gasteiger partial charge on any atom is 0.586 e. The number of aliphatic hydroxyl groups is 1. The summed E-state index contributed by atoms with van der Waals surface area (Å²) in [5.74, 6) is -0.754. The highest BCUT2D eigenvalue weighted by Gasteiger charge is 2.47. The van der Waals surface area contributed by atoms with E-state index in [2.05, 4.69) is 24.9 Å². The Morgan fingerprint density at radius 2 is 1.91 bits per heavy atom. The molecule has 2 saturated carbocycles. The van der Waals surface area contributed by atoms with Crippen LogP contribution in [0, 0.1) is 12.8 Å². The Labute approximate surface area is 260 Å². The SMILES string of the molecule is COc1cc(C(=O)NC[C@](O)(c2cc(C)c(OCC(F)F)c(-c3ccc4c(c3)OC(F)(F)O4)n2)C2CC2)cc2cn(C3CC3)nc12. The molecule has 1 amide bonds. The first-order chi connectivity index (χ1) is 21.9. The highest BCUT2D eigenvalue weighted by Crippen LogP contribution is 2.48. The van der Waals surface area contributed by atoms with Gasteiger partial charge < -0.3 is 29.4 Å². The Hall–Kier alpha value is -4.59. The van der Waals surface area contributed by atoms with E-state index in [4.69, 9.17) is 9.47 Å². The van der Waals surface area contributed by atoms with Crippen molar-refractivity contribution in [3.8, 4) is 34.3 Å². The number of ether oxygens (including phenoxy) is 4. The third-order valence-corrected chi connectivity index (χ3v) is 8.40. The number of hydrogen-bond acceptors (Lipinski definition) is 8. The fourth-order valence-electron chi connectivity index (χ4n) is 5.76. The first kappa shape index (κ1) is 30.1. The average molecular weight is 643 g/mol. The largest absolute Gasteiger partial charge is 0.586 e. The lowest BCUT2D eigenvalue weighted by Crippen LogP contribution is -2.43. The monoisotopic (exact) mass is 642 g/mol. The van der Waals surface area contributed by atoms with Gasteiger partial charge in [-0.15, -0.1) is 8.78 Å². The first-order valence-corrected chi connectivity index (χ1v) is 14.8. The Bertz CT molecular complexity index is 1840. The molecule has 2 aromatic heterocycles. The van der Waals surface area contributed by atoms with Gasteiger partial charge in [0.1, 0.15) is 34.9 Å². The van der Waals surface area contributed by atoms with E-state index in [0.29, 0.717) is 41.3 Å². The first-order valence-electron chi connectivity index (χ1n) is 14.8. The van der Waals surface area contributed by atoms with E-state index < -0.39 is 30.8 Å². The quantitative estimate of drug-likeness (QED) is 0.199.